The Kier molecular flexibility index (Phi) is 13.9. The Hall–Kier alpha value is 0.155. The molecule has 0 aliphatic rings. The van der Waals surface area contributed by atoms with Crippen molar-refractivity contribution in [2.24, 2.45) is 11.8 Å². The number of hydrogen-bond acceptors (Lipinski definition) is 0. The molecule has 0 radical (unpaired) electrons. The summed E-state index contributed by atoms with van der Waals surface area (Å²) in [6.45, 7) is 13.8. The summed E-state index contributed by atoms with van der Waals surface area (Å²) in [7, 11) is 0. The topological polar surface area (TPSA) is 0 Å². The van der Waals surface area contributed by atoms with E-state index in [4.69, 9.17) is 0 Å². The molecule has 0 nitrogen and oxygen atoms in total. The summed E-state index contributed by atoms with van der Waals surface area (Å²) in [5.41, 5.74) is 2.82. The van der Waals surface area contributed by atoms with E-state index < -0.39 is 0 Å². The molecule has 0 spiro atoms. The quantitative estimate of drug-likeness (QED) is 0.481. The van der Waals surface area contributed by atoms with Gasteiger partial charge in [0.25, 0.3) is 0 Å². The minimum atomic E-state index is 0. The Balaban J connectivity index is 0. The van der Waals surface area contributed by atoms with Gasteiger partial charge in [-0.2, -0.15) is 11.8 Å². The average molecular weight is 286 g/mol. The molecule has 0 saturated heterocycles. The minimum absolute atomic E-state index is 0. The largest absolute Gasteiger partial charge is 1.00 e. The van der Waals surface area contributed by atoms with Crippen molar-refractivity contribution in [3.05, 3.63) is 47.2 Å². The van der Waals surface area contributed by atoms with Crippen LogP contribution in [0.2, 0.25) is 0 Å². The van der Waals surface area contributed by atoms with E-state index in [1.54, 1.807) is 0 Å². The third-order valence-electron chi connectivity index (χ3n) is 4.57. The maximum absolute atomic E-state index is 2.34. The zero-order valence-electron chi connectivity index (χ0n) is 16.3. The molecule has 1 aromatic carbocycles. The minimum Gasteiger partial charge on any atom is -0.220 e. The predicted molar refractivity (Wildman–Crippen MR) is 90.6 cm³/mol. The van der Waals surface area contributed by atoms with E-state index in [2.05, 4.69) is 65.8 Å². The summed E-state index contributed by atoms with van der Waals surface area (Å²) in [4.78, 5) is 0. The van der Waals surface area contributed by atoms with Crippen molar-refractivity contribution < 1.29 is 37.7 Å². The monoisotopic (exact) mass is 286 g/mol. The van der Waals surface area contributed by atoms with Crippen LogP contribution in [0.1, 0.15) is 78.4 Å². The molecule has 1 rings (SSSR count). The fraction of sp³-hybridized carbons (Fsp3) is 0.600. The van der Waals surface area contributed by atoms with Crippen LogP contribution in [0, 0.1) is 23.7 Å². The fourth-order valence-corrected chi connectivity index (χ4v) is 2.61. The average Bonchev–Trinajstić information content (AvgIpc) is 2.46. The summed E-state index contributed by atoms with van der Waals surface area (Å²) in [5.74, 6) is 4.61. The first kappa shape index (κ1) is 24.4. The van der Waals surface area contributed by atoms with Crippen molar-refractivity contribution in [1.82, 2.24) is 0 Å². The SMILES string of the molecule is CCC(C)C[C-](C)c1ccc([C-](C)CC(C)CC)cc1.[Li+].[Li+]. The second-order valence-corrected chi connectivity index (χ2v) is 6.57. The van der Waals surface area contributed by atoms with Crippen LogP contribution < -0.4 is 37.7 Å². The normalized spacial score (nSPS) is 12.6. The molecule has 0 fully saturated rings. The molecule has 0 aromatic heterocycles. The molecule has 0 amide bonds. The second-order valence-electron chi connectivity index (χ2n) is 6.57. The van der Waals surface area contributed by atoms with Gasteiger partial charge in [0.15, 0.2) is 0 Å². The second kappa shape index (κ2) is 12.6. The van der Waals surface area contributed by atoms with Gasteiger partial charge in [0.1, 0.15) is 0 Å². The van der Waals surface area contributed by atoms with E-state index >= 15 is 0 Å². The van der Waals surface area contributed by atoms with E-state index in [0.717, 1.165) is 11.8 Å². The molecule has 0 N–H and O–H groups in total. The van der Waals surface area contributed by atoms with Crippen LogP contribution >= 0.6 is 0 Å². The molecule has 0 aliphatic carbocycles. The van der Waals surface area contributed by atoms with Gasteiger partial charge >= 0.3 is 37.7 Å². The van der Waals surface area contributed by atoms with Gasteiger partial charge in [-0.25, -0.2) is 35.4 Å². The van der Waals surface area contributed by atoms with Crippen molar-refractivity contribution in [1.29, 1.82) is 0 Å². The maximum atomic E-state index is 2.34. The van der Waals surface area contributed by atoms with Gasteiger partial charge in [-0.05, 0) is 0 Å². The van der Waals surface area contributed by atoms with Gasteiger partial charge in [-0.15, -0.1) is 0 Å². The number of benzene rings is 1. The van der Waals surface area contributed by atoms with Crippen LogP contribution in [-0.2, 0) is 0 Å². The van der Waals surface area contributed by atoms with Crippen molar-refractivity contribution in [3.8, 4) is 0 Å². The van der Waals surface area contributed by atoms with Crippen molar-refractivity contribution in [2.45, 2.75) is 67.2 Å². The Morgan fingerprint density at radius 3 is 1.23 bits per heavy atom. The molecule has 2 atom stereocenters. The van der Waals surface area contributed by atoms with Crippen LogP contribution in [0.3, 0.4) is 0 Å². The molecule has 22 heavy (non-hydrogen) atoms. The Morgan fingerprint density at radius 1 is 0.727 bits per heavy atom. The molecular formula is C20H32Li2. The maximum Gasteiger partial charge on any atom is 1.00 e. The van der Waals surface area contributed by atoms with Gasteiger partial charge in [-0.3, -0.25) is 0 Å². The van der Waals surface area contributed by atoms with Crippen LogP contribution in [-0.4, -0.2) is 0 Å². The molecule has 2 unspecified atom stereocenters. The first-order valence-electron chi connectivity index (χ1n) is 8.23. The fourth-order valence-electron chi connectivity index (χ4n) is 2.61. The van der Waals surface area contributed by atoms with Crippen LogP contribution in [0.25, 0.3) is 0 Å². The van der Waals surface area contributed by atoms with Crippen LogP contribution in [0.4, 0.5) is 0 Å². The Morgan fingerprint density at radius 2 is 1.00 bits per heavy atom. The molecule has 0 heterocycles. The predicted octanol–water partition coefficient (Wildman–Crippen LogP) is 0.452. The van der Waals surface area contributed by atoms with Crippen molar-refractivity contribution in [3.63, 3.8) is 0 Å². The summed E-state index contributed by atoms with van der Waals surface area (Å²) in [5, 5.41) is 0. The van der Waals surface area contributed by atoms with Gasteiger partial charge in [0, 0.05) is 0 Å². The number of hydrogen-bond donors (Lipinski definition) is 0. The van der Waals surface area contributed by atoms with E-state index in [1.807, 2.05) is 0 Å². The summed E-state index contributed by atoms with van der Waals surface area (Å²) in [6.07, 6.45) is 4.95. The van der Waals surface area contributed by atoms with E-state index in [1.165, 1.54) is 48.6 Å². The third-order valence-corrected chi connectivity index (χ3v) is 4.57. The van der Waals surface area contributed by atoms with E-state index in [-0.39, 0.29) is 37.7 Å². The molecule has 0 bridgehead atoms. The Bertz CT molecular complexity index is 335. The summed E-state index contributed by atoms with van der Waals surface area (Å²) >= 11 is 0. The van der Waals surface area contributed by atoms with E-state index in [9.17, 15) is 0 Å². The third kappa shape index (κ3) is 8.13. The zero-order chi connectivity index (χ0) is 15.1. The zero-order valence-corrected chi connectivity index (χ0v) is 16.3. The molecule has 114 valence electrons. The molecule has 1 aromatic rings. The first-order chi connectivity index (χ1) is 9.47. The molecule has 0 aliphatic heterocycles. The molecule has 2 heteroatoms. The van der Waals surface area contributed by atoms with Gasteiger partial charge in [0.05, 0.1) is 0 Å². The number of rotatable bonds is 8. The van der Waals surface area contributed by atoms with Crippen molar-refractivity contribution >= 4 is 0 Å². The van der Waals surface area contributed by atoms with Gasteiger partial charge < -0.3 is 0 Å². The van der Waals surface area contributed by atoms with Crippen molar-refractivity contribution in [2.75, 3.05) is 0 Å². The molecule has 0 saturated carbocycles. The van der Waals surface area contributed by atoms with Crippen LogP contribution in [0.15, 0.2) is 24.3 Å². The smallest absolute Gasteiger partial charge is 0.220 e. The summed E-state index contributed by atoms with van der Waals surface area (Å²) in [6, 6.07) is 9.20. The van der Waals surface area contributed by atoms with E-state index in [0.29, 0.717) is 0 Å². The Labute approximate surface area is 163 Å². The summed E-state index contributed by atoms with van der Waals surface area (Å²) < 4.78 is 0. The molecular weight excluding hydrogens is 254 g/mol. The van der Waals surface area contributed by atoms with Gasteiger partial charge in [0.2, 0.25) is 0 Å². The first-order valence-corrected chi connectivity index (χ1v) is 8.23. The van der Waals surface area contributed by atoms with Gasteiger partial charge in [-0.1, -0.05) is 79.1 Å². The standard InChI is InChI=1S/C20H32.2Li/c1-7-15(3)13-17(5)19-9-11-20(12-10-19)18(6)14-16(4)8-2;;/h9-12,15-16H,7-8,13-14H2,1-6H3;;/q-2;2*+1. The van der Waals surface area contributed by atoms with Crippen LogP contribution in [0.5, 0.6) is 0 Å².